The molecule has 0 bridgehead atoms. The van der Waals surface area contributed by atoms with Crippen molar-refractivity contribution in [1.82, 2.24) is 20.2 Å². The molecule has 0 aliphatic heterocycles. The number of rotatable bonds is 7. The van der Waals surface area contributed by atoms with Gasteiger partial charge in [0.25, 0.3) is 5.56 Å². The van der Waals surface area contributed by atoms with Crippen LogP contribution in [0.3, 0.4) is 0 Å². The Morgan fingerprint density at radius 1 is 1.25 bits per heavy atom. The number of carbonyl (C=O) groups excluding carboxylic acids is 1. The largest absolute Gasteiger partial charge is 0.311 e. The molecule has 2 N–H and O–H groups in total. The lowest BCUT2D eigenvalue weighted by atomic mass is 10.1. The number of carbonyl (C=O) groups is 1. The van der Waals surface area contributed by atoms with Gasteiger partial charge in [0.2, 0.25) is 11.0 Å². The zero-order chi connectivity index (χ0) is 17.7. The standard InChI is InChI=1S/C16H23N5O2S/c1-5-11(6-2)15-20-21-16(24-15)19-13(22)8-7-12-9(3)17-10(4)18-14(12)23/h11H,5-8H2,1-4H3,(H,17,18,23)(H,19,21,22). The van der Waals surface area contributed by atoms with Gasteiger partial charge in [-0.1, -0.05) is 25.2 Å². The number of anilines is 1. The minimum atomic E-state index is -0.181. The molecule has 2 aromatic heterocycles. The van der Waals surface area contributed by atoms with Gasteiger partial charge in [0.1, 0.15) is 10.8 Å². The van der Waals surface area contributed by atoms with Gasteiger partial charge in [-0.15, -0.1) is 10.2 Å². The molecule has 0 aromatic carbocycles. The number of aryl methyl sites for hydroxylation is 2. The van der Waals surface area contributed by atoms with Gasteiger partial charge in [-0.05, 0) is 33.1 Å². The van der Waals surface area contributed by atoms with Crippen molar-refractivity contribution in [1.29, 1.82) is 0 Å². The highest BCUT2D eigenvalue weighted by Gasteiger charge is 2.15. The number of nitrogens with zero attached hydrogens (tertiary/aromatic N) is 3. The monoisotopic (exact) mass is 349 g/mol. The van der Waals surface area contributed by atoms with E-state index in [-0.39, 0.29) is 17.9 Å². The van der Waals surface area contributed by atoms with Crippen LogP contribution in [-0.4, -0.2) is 26.1 Å². The van der Waals surface area contributed by atoms with Crippen LogP contribution in [0.2, 0.25) is 0 Å². The van der Waals surface area contributed by atoms with Crippen molar-refractivity contribution in [2.75, 3.05) is 5.32 Å². The predicted octanol–water partition coefficient (Wildman–Crippen LogP) is 2.71. The highest BCUT2D eigenvalue weighted by Crippen LogP contribution is 2.28. The summed E-state index contributed by atoms with van der Waals surface area (Å²) in [6.07, 6.45) is 2.55. The van der Waals surface area contributed by atoms with Crippen molar-refractivity contribution in [3.05, 3.63) is 32.4 Å². The number of amides is 1. The highest BCUT2D eigenvalue weighted by molar-refractivity contribution is 7.15. The smallest absolute Gasteiger partial charge is 0.254 e. The summed E-state index contributed by atoms with van der Waals surface area (Å²) in [6.45, 7) is 7.74. The highest BCUT2D eigenvalue weighted by atomic mass is 32.1. The van der Waals surface area contributed by atoms with Gasteiger partial charge in [0, 0.05) is 23.6 Å². The maximum absolute atomic E-state index is 12.1. The zero-order valence-electron chi connectivity index (χ0n) is 14.5. The molecule has 1 amide bonds. The summed E-state index contributed by atoms with van der Waals surface area (Å²) < 4.78 is 0. The van der Waals surface area contributed by atoms with Crippen LogP contribution in [0.15, 0.2) is 4.79 Å². The van der Waals surface area contributed by atoms with Crippen LogP contribution < -0.4 is 10.9 Å². The molecule has 2 heterocycles. The van der Waals surface area contributed by atoms with Crippen LogP contribution in [0.1, 0.15) is 61.1 Å². The Balaban J connectivity index is 1.96. The lowest BCUT2D eigenvalue weighted by Crippen LogP contribution is -2.20. The van der Waals surface area contributed by atoms with E-state index in [1.165, 1.54) is 11.3 Å². The fourth-order valence-corrected chi connectivity index (χ4v) is 3.58. The second-order valence-electron chi connectivity index (χ2n) is 5.72. The molecule has 8 heteroatoms. The Bertz CT molecular complexity index is 764. The van der Waals surface area contributed by atoms with E-state index in [1.54, 1.807) is 13.8 Å². The van der Waals surface area contributed by atoms with E-state index < -0.39 is 0 Å². The van der Waals surface area contributed by atoms with Crippen LogP contribution in [0.25, 0.3) is 0 Å². The molecule has 0 atom stereocenters. The van der Waals surface area contributed by atoms with Gasteiger partial charge in [-0.25, -0.2) is 4.98 Å². The van der Waals surface area contributed by atoms with E-state index in [2.05, 4.69) is 39.3 Å². The third-order valence-electron chi connectivity index (χ3n) is 3.96. The van der Waals surface area contributed by atoms with Crippen molar-refractivity contribution < 1.29 is 4.79 Å². The Labute approximate surface area is 144 Å². The van der Waals surface area contributed by atoms with Gasteiger partial charge in [-0.2, -0.15) is 0 Å². The van der Waals surface area contributed by atoms with Gasteiger partial charge in [0.15, 0.2) is 0 Å². The average Bonchev–Trinajstić information content (AvgIpc) is 2.95. The first-order valence-corrected chi connectivity index (χ1v) is 8.95. The maximum Gasteiger partial charge on any atom is 0.254 e. The Hall–Kier alpha value is -2.09. The molecule has 0 aliphatic rings. The van der Waals surface area contributed by atoms with E-state index >= 15 is 0 Å². The van der Waals surface area contributed by atoms with Crippen LogP contribution in [-0.2, 0) is 11.2 Å². The molecule has 7 nitrogen and oxygen atoms in total. The van der Waals surface area contributed by atoms with E-state index in [1.807, 2.05) is 0 Å². The molecule has 0 saturated carbocycles. The van der Waals surface area contributed by atoms with Gasteiger partial charge < -0.3 is 10.3 Å². The SMILES string of the molecule is CCC(CC)c1nnc(NC(=O)CCc2c(C)nc(C)[nH]c2=O)s1. The third-order valence-corrected chi connectivity index (χ3v) is 4.97. The quantitative estimate of drug-likeness (QED) is 0.800. The molecule has 0 unspecified atom stereocenters. The van der Waals surface area contributed by atoms with Crippen molar-refractivity contribution in [3.63, 3.8) is 0 Å². The molecule has 0 fully saturated rings. The molecule has 2 aromatic rings. The molecule has 2 rings (SSSR count). The second kappa shape index (κ2) is 8.14. The Morgan fingerprint density at radius 2 is 1.96 bits per heavy atom. The zero-order valence-corrected chi connectivity index (χ0v) is 15.3. The fourth-order valence-electron chi connectivity index (χ4n) is 2.55. The van der Waals surface area contributed by atoms with Gasteiger partial charge in [-0.3, -0.25) is 9.59 Å². The number of aromatic nitrogens is 4. The Kier molecular flexibility index (Phi) is 6.19. The molecular weight excluding hydrogens is 326 g/mol. The van der Waals surface area contributed by atoms with E-state index in [0.29, 0.717) is 34.6 Å². The van der Waals surface area contributed by atoms with Gasteiger partial charge in [0.05, 0.1) is 0 Å². The minimum absolute atomic E-state index is 0.179. The molecule has 24 heavy (non-hydrogen) atoms. The van der Waals surface area contributed by atoms with Crippen LogP contribution >= 0.6 is 11.3 Å². The number of nitrogens with one attached hydrogen (secondary N) is 2. The summed E-state index contributed by atoms with van der Waals surface area (Å²) in [4.78, 5) is 30.9. The normalized spacial score (nSPS) is 11.0. The molecule has 0 radical (unpaired) electrons. The van der Waals surface area contributed by atoms with Crippen molar-refractivity contribution in [3.8, 4) is 0 Å². The number of hydrogen-bond donors (Lipinski definition) is 2. The number of H-pyrrole nitrogens is 1. The molecular formula is C16H23N5O2S. The average molecular weight is 349 g/mol. The maximum atomic E-state index is 12.1. The number of aromatic amines is 1. The summed E-state index contributed by atoms with van der Waals surface area (Å²) in [6, 6.07) is 0. The van der Waals surface area contributed by atoms with Crippen molar-refractivity contribution >= 4 is 22.4 Å². The molecule has 0 spiro atoms. The van der Waals surface area contributed by atoms with Crippen molar-refractivity contribution in [2.24, 2.45) is 0 Å². The van der Waals surface area contributed by atoms with E-state index in [9.17, 15) is 9.59 Å². The predicted molar refractivity (Wildman–Crippen MR) is 94.5 cm³/mol. The topological polar surface area (TPSA) is 101 Å². The summed E-state index contributed by atoms with van der Waals surface area (Å²) >= 11 is 1.41. The van der Waals surface area contributed by atoms with Crippen molar-refractivity contribution in [2.45, 2.75) is 59.3 Å². The fraction of sp³-hybridized carbons (Fsp3) is 0.562. The third kappa shape index (κ3) is 4.47. The van der Waals surface area contributed by atoms with E-state index in [0.717, 1.165) is 17.8 Å². The van der Waals surface area contributed by atoms with E-state index in [4.69, 9.17) is 0 Å². The first-order chi connectivity index (χ1) is 11.4. The second-order valence-corrected chi connectivity index (χ2v) is 6.73. The molecule has 0 saturated heterocycles. The van der Waals surface area contributed by atoms with Crippen LogP contribution in [0, 0.1) is 13.8 Å². The summed E-state index contributed by atoms with van der Waals surface area (Å²) in [5.74, 6) is 0.781. The van der Waals surface area contributed by atoms with Gasteiger partial charge >= 0.3 is 0 Å². The lowest BCUT2D eigenvalue weighted by molar-refractivity contribution is -0.116. The first kappa shape index (κ1) is 18.3. The lowest BCUT2D eigenvalue weighted by Gasteiger charge is -2.06. The van der Waals surface area contributed by atoms with Crippen LogP contribution in [0.4, 0.5) is 5.13 Å². The van der Waals surface area contributed by atoms with Crippen LogP contribution in [0.5, 0.6) is 0 Å². The first-order valence-electron chi connectivity index (χ1n) is 8.14. The molecule has 130 valence electrons. The summed E-state index contributed by atoms with van der Waals surface area (Å²) in [5, 5.41) is 12.4. The minimum Gasteiger partial charge on any atom is -0.311 e. The Morgan fingerprint density at radius 3 is 2.58 bits per heavy atom. The summed E-state index contributed by atoms with van der Waals surface area (Å²) in [7, 11) is 0. The summed E-state index contributed by atoms with van der Waals surface area (Å²) in [5.41, 5.74) is 1.03. The number of hydrogen-bond acceptors (Lipinski definition) is 6. The molecule has 0 aliphatic carbocycles.